The van der Waals surface area contributed by atoms with E-state index in [1.165, 1.54) is 0 Å². The summed E-state index contributed by atoms with van der Waals surface area (Å²) in [6.07, 6.45) is -0.126. The molecule has 0 aliphatic rings. The molecule has 0 spiro atoms. The number of carbonyl (C=O) groups excluding carboxylic acids is 1. The molecule has 0 aliphatic carbocycles. The molecule has 2 rings (SSSR count). The third-order valence-electron chi connectivity index (χ3n) is 4.24. The van der Waals surface area contributed by atoms with Crippen molar-refractivity contribution in [3.8, 4) is 5.75 Å². The van der Waals surface area contributed by atoms with Gasteiger partial charge >= 0.3 is 20.5 Å². The van der Waals surface area contributed by atoms with E-state index in [0.717, 1.165) is 5.39 Å². The lowest BCUT2D eigenvalue weighted by Gasteiger charge is -2.28. The number of ether oxygens (including phenoxy) is 1. The fourth-order valence-electron chi connectivity index (χ4n) is 3.03. The van der Waals surface area contributed by atoms with E-state index < -0.39 is 20.5 Å². The fraction of sp³-hybridized carbons (Fsp3) is 0.500. The van der Waals surface area contributed by atoms with Crippen molar-refractivity contribution in [2.24, 2.45) is 0 Å². The molecule has 9 heteroatoms. The lowest BCUT2D eigenvalue weighted by atomic mass is 10.1. The Bertz CT molecular complexity index is 850. The molecule has 0 fully saturated rings. The topological polar surface area (TPSA) is 96.2 Å². The minimum Gasteiger partial charge on any atom is -0.420 e. The molecule has 1 N–H and O–H groups in total. The van der Waals surface area contributed by atoms with E-state index in [2.05, 4.69) is 5.32 Å². The van der Waals surface area contributed by atoms with Crippen LogP contribution < -0.4 is 15.7 Å². The van der Waals surface area contributed by atoms with Gasteiger partial charge in [0.1, 0.15) is 5.58 Å². The van der Waals surface area contributed by atoms with Crippen LogP contribution in [-0.4, -0.2) is 41.3 Å². The van der Waals surface area contributed by atoms with Gasteiger partial charge in [0.25, 0.3) is 0 Å². The molecule has 0 aliphatic heterocycles. The zero-order valence-electron chi connectivity index (χ0n) is 17.4. The summed E-state index contributed by atoms with van der Waals surface area (Å²) >= 11 is 0. The van der Waals surface area contributed by atoms with Crippen LogP contribution in [0.2, 0.25) is 6.04 Å². The van der Waals surface area contributed by atoms with E-state index in [-0.39, 0.29) is 5.75 Å². The molecule has 0 saturated heterocycles. The lowest BCUT2D eigenvalue weighted by molar-refractivity contribution is 0.0708. The minimum absolute atomic E-state index is 0.108. The zero-order valence-corrected chi connectivity index (χ0v) is 18.4. The summed E-state index contributed by atoms with van der Waals surface area (Å²) in [7, 11) is -2.75. The van der Waals surface area contributed by atoms with Crippen LogP contribution in [0.3, 0.4) is 0 Å². The maximum absolute atomic E-state index is 12.2. The van der Waals surface area contributed by atoms with Crippen molar-refractivity contribution in [2.45, 2.75) is 40.2 Å². The summed E-state index contributed by atoms with van der Waals surface area (Å²) in [6.45, 7) is 9.23. The van der Waals surface area contributed by atoms with Crippen LogP contribution >= 0.6 is 0 Å². The number of hydrogen-bond donors (Lipinski definition) is 1. The SMILES string of the molecule is CCO[Si](CCCNC(=O)Oc1c(C)c2ccccc2oc1=O)(OCC)OCC. The molecule has 1 aromatic carbocycles. The Morgan fingerprint density at radius 3 is 2.31 bits per heavy atom. The van der Waals surface area contributed by atoms with E-state index in [0.29, 0.717) is 50.0 Å². The second-order valence-electron chi connectivity index (χ2n) is 6.24. The molecular formula is C20H29NO7Si. The monoisotopic (exact) mass is 423 g/mol. The van der Waals surface area contributed by atoms with Gasteiger partial charge in [-0.15, -0.1) is 0 Å². The first-order valence-corrected chi connectivity index (χ1v) is 11.8. The highest BCUT2D eigenvalue weighted by atomic mass is 28.4. The van der Waals surface area contributed by atoms with Crippen LogP contribution in [0.5, 0.6) is 5.75 Å². The quantitative estimate of drug-likeness (QED) is 0.335. The molecule has 1 heterocycles. The van der Waals surface area contributed by atoms with Gasteiger partial charge in [-0.1, -0.05) is 18.2 Å². The molecular weight excluding hydrogens is 394 g/mol. The predicted molar refractivity (Wildman–Crippen MR) is 111 cm³/mol. The molecule has 0 unspecified atom stereocenters. The highest BCUT2D eigenvalue weighted by Crippen LogP contribution is 2.23. The normalized spacial score (nSPS) is 11.6. The van der Waals surface area contributed by atoms with Crippen molar-refractivity contribution in [3.05, 3.63) is 40.2 Å². The predicted octanol–water partition coefficient (Wildman–Crippen LogP) is 3.63. The number of benzene rings is 1. The molecule has 29 heavy (non-hydrogen) atoms. The number of rotatable bonds is 11. The van der Waals surface area contributed by atoms with Gasteiger partial charge in [-0.2, -0.15) is 0 Å². The van der Waals surface area contributed by atoms with Crippen molar-refractivity contribution in [1.29, 1.82) is 0 Å². The van der Waals surface area contributed by atoms with Crippen molar-refractivity contribution < 1.29 is 27.2 Å². The van der Waals surface area contributed by atoms with Gasteiger partial charge in [-0.3, -0.25) is 0 Å². The van der Waals surface area contributed by atoms with E-state index in [1.807, 2.05) is 26.8 Å². The van der Waals surface area contributed by atoms with Crippen LogP contribution in [0.1, 0.15) is 32.8 Å². The van der Waals surface area contributed by atoms with E-state index in [9.17, 15) is 9.59 Å². The summed E-state index contributed by atoms with van der Waals surface area (Å²) in [5.74, 6) is -0.108. The van der Waals surface area contributed by atoms with Gasteiger partial charge in [0.05, 0.1) is 0 Å². The third kappa shape index (κ3) is 6.14. The van der Waals surface area contributed by atoms with Gasteiger partial charge < -0.3 is 27.7 Å². The molecule has 1 aromatic heterocycles. The zero-order chi connectivity index (χ0) is 21.3. The van der Waals surface area contributed by atoms with Gasteiger partial charge in [-0.25, -0.2) is 9.59 Å². The van der Waals surface area contributed by atoms with Gasteiger partial charge in [0, 0.05) is 43.4 Å². The molecule has 160 valence electrons. The summed E-state index contributed by atoms with van der Waals surface area (Å²) < 4.78 is 27.8. The first kappa shape index (κ1) is 23.1. The summed E-state index contributed by atoms with van der Waals surface area (Å²) in [6, 6.07) is 7.66. The second kappa shape index (κ2) is 11.1. The van der Waals surface area contributed by atoms with Crippen LogP contribution in [0.4, 0.5) is 4.79 Å². The van der Waals surface area contributed by atoms with Crippen LogP contribution in [-0.2, 0) is 13.3 Å². The van der Waals surface area contributed by atoms with Gasteiger partial charge in [0.15, 0.2) is 0 Å². The number of carbonyl (C=O) groups is 1. The lowest BCUT2D eigenvalue weighted by Crippen LogP contribution is -2.46. The number of para-hydroxylation sites is 1. The van der Waals surface area contributed by atoms with Crippen molar-refractivity contribution in [2.75, 3.05) is 26.4 Å². The van der Waals surface area contributed by atoms with Gasteiger partial charge in [0.2, 0.25) is 5.75 Å². The Kier molecular flexibility index (Phi) is 8.84. The second-order valence-corrected chi connectivity index (χ2v) is 8.97. The van der Waals surface area contributed by atoms with Crippen LogP contribution in [0, 0.1) is 6.92 Å². The highest BCUT2D eigenvalue weighted by molar-refractivity contribution is 6.60. The Morgan fingerprint density at radius 2 is 1.69 bits per heavy atom. The number of aryl methyl sites for hydroxylation is 1. The largest absolute Gasteiger partial charge is 0.500 e. The maximum Gasteiger partial charge on any atom is 0.500 e. The standard InChI is InChI=1S/C20H29NO7Si/c1-5-24-29(25-6-2,26-7-3)14-10-13-21-20(23)28-18-15(4)16-11-8-9-12-17(16)27-19(18)22/h8-9,11-12H,5-7,10,13-14H2,1-4H3,(H,21,23). The number of hydrogen-bond acceptors (Lipinski definition) is 7. The molecule has 0 atom stereocenters. The van der Waals surface area contributed by atoms with Gasteiger partial charge in [-0.05, 0) is 40.2 Å². The van der Waals surface area contributed by atoms with Crippen molar-refractivity contribution >= 4 is 25.9 Å². The molecule has 8 nitrogen and oxygen atoms in total. The summed E-state index contributed by atoms with van der Waals surface area (Å²) in [5.41, 5.74) is 0.320. The van der Waals surface area contributed by atoms with Crippen molar-refractivity contribution in [1.82, 2.24) is 5.32 Å². The smallest absolute Gasteiger partial charge is 0.420 e. The average molecular weight is 424 g/mol. The third-order valence-corrected chi connectivity index (χ3v) is 7.39. The molecule has 1 amide bonds. The van der Waals surface area contributed by atoms with Crippen LogP contribution in [0.25, 0.3) is 11.0 Å². The minimum atomic E-state index is -2.75. The Balaban J connectivity index is 1.95. The molecule has 0 radical (unpaired) electrons. The van der Waals surface area contributed by atoms with Crippen LogP contribution in [0.15, 0.2) is 33.5 Å². The number of nitrogens with one attached hydrogen (secondary N) is 1. The summed E-state index contributed by atoms with van der Waals surface area (Å²) in [5, 5.41) is 3.36. The Labute approximate surface area is 171 Å². The average Bonchev–Trinajstić information content (AvgIpc) is 2.69. The Morgan fingerprint density at radius 1 is 1.07 bits per heavy atom. The first-order valence-electron chi connectivity index (χ1n) is 9.86. The highest BCUT2D eigenvalue weighted by Gasteiger charge is 2.39. The van der Waals surface area contributed by atoms with E-state index in [1.54, 1.807) is 25.1 Å². The number of amides is 1. The molecule has 2 aromatic rings. The molecule has 0 bridgehead atoms. The fourth-order valence-corrected chi connectivity index (χ4v) is 5.64. The molecule has 0 saturated carbocycles. The van der Waals surface area contributed by atoms with E-state index in [4.69, 9.17) is 22.4 Å². The van der Waals surface area contributed by atoms with Crippen molar-refractivity contribution in [3.63, 3.8) is 0 Å². The Hall–Kier alpha value is -2.20. The van der Waals surface area contributed by atoms with E-state index >= 15 is 0 Å². The number of fused-ring (bicyclic) bond motifs is 1. The first-order chi connectivity index (χ1) is 14.0. The maximum atomic E-state index is 12.2. The summed E-state index contributed by atoms with van der Waals surface area (Å²) in [4.78, 5) is 24.3.